The summed E-state index contributed by atoms with van der Waals surface area (Å²) in [7, 11) is 0. The van der Waals surface area contributed by atoms with Crippen molar-refractivity contribution in [2.75, 3.05) is 5.32 Å². The molecule has 2 amide bonds. The fraction of sp³-hybridized carbons (Fsp3) is 0.333. The lowest BCUT2D eigenvalue weighted by Crippen LogP contribution is -2.47. The van der Waals surface area contributed by atoms with Crippen molar-refractivity contribution in [1.29, 1.82) is 0 Å². The van der Waals surface area contributed by atoms with Crippen LogP contribution in [0.5, 0.6) is 0 Å². The Morgan fingerprint density at radius 2 is 1.94 bits per heavy atom. The molecule has 2 rings (SSSR count). The summed E-state index contributed by atoms with van der Waals surface area (Å²) in [4.78, 5) is 34.7. The molecule has 7 nitrogen and oxygen atoms in total. The van der Waals surface area contributed by atoms with Gasteiger partial charge in [-0.2, -0.15) is 0 Å². The minimum absolute atomic E-state index is 0.187. The topological polar surface area (TPSA) is 95.4 Å². The van der Waals surface area contributed by atoms with Gasteiger partial charge in [-0.15, -0.1) is 13.2 Å². The normalized spacial score (nSPS) is 13.0. The maximum absolute atomic E-state index is 12.4. The average molecular weight is 423 g/mol. The molecule has 0 aliphatic heterocycles. The number of nitrogens with one attached hydrogen (secondary N) is 1. The second-order valence-electron chi connectivity index (χ2n) is 8.25. The molecule has 0 saturated carbocycles. The van der Waals surface area contributed by atoms with Gasteiger partial charge in [0.05, 0.1) is 29.0 Å². The molecule has 0 unspecified atom stereocenters. The molecule has 2 aromatic rings. The van der Waals surface area contributed by atoms with Crippen LogP contribution in [-0.4, -0.2) is 37.5 Å². The van der Waals surface area contributed by atoms with Crippen LogP contribution in [0.1, 0.15) is 45.9 Å². The molecule has 2 atom stereocenters. The van der Waals surface area contributed by atoms with Crippen LogP contribution in [0.4, 0.5) is 10.5 Å². The SMILES string of the molecule is C=CC[C@@H](c1cc(-c2ncccc2NC(=O)[C@H](C)C=C)ccn1)N(C(=O)O)C(C)(C)C. The Bertz CT molecular complexity index is 965. The zero-order chi connectivity index (χ0) is 23.2. The molecule has 0 aliphatic rings. The molecule has 0 fully saturated rings. The summed E-state index contributed by atoms with van der Waals surface area (Å²) in [6, 6.07) is 6.59. The van der Waals surface area contributed by atoms with Crippen molar-refractivity contribution in [3.05, 3.63) is 67.7 Å². The molecule has 0 saturated heterocycles. The zero-order valence-corrected chi connectivity index (χ0v) is 18.5. The van der Waals surface area contributed by atoms with Crippen LogP contribution < -0.4 is 5.32 Å². The van der Waals surface area contributed by atoms with Gasteiger partial charge < -0.3 is 10.4 Å². The highest BCUT2D eigenvalue weighted by Gasteiger charge is 2.34. The van der Waals surface area contributed by atoms with E-state index in [4.69, 9.17) is 0 Å². The molecule has 2 heterocycles. The third kappa shape index (κ3) is 5.78. The van der Waals surface area contributed by atoms with Crippen LogP contribution in [0.2, 0.25) is 0 Å². The van der Waals surface area contributed by atoms with Crippen molar-refractivity contribution in [2.45, 2.75) is 45.7 Å². The number of pyridine rings is 2. The Morgan fingerprint density at radius 1 is 1.23 bits per heavy atom. The molecule has 0 aliphatic carbocycles. The first-order valence-corrected chi connectivity index (χ1v) is 10.1. The molecular formula is C24H30N4O3. The summed E-state index contributed by atoms with van der Waals surface area (Å²) in [5, 5.41) is 12.8. The van der Waals surface area contributed by atoms with Crippen LogP contribution in [0.25, 0.3) is 11.3 Å². The first-order chi connectivity index (χ1) is 14.6. The Morgan fingerprint density at radius 3 is 2.52 bits per heavy atom. The fourth-order valence-electron chi connectivity index (χ4n) is 3.27. The van der Waals surface area contributed by atoms with E-state index < -0.39 is 17.7 Å². The highest BCUT2D eigenvalue weighted by atomic mass is 16.4. The van der Waals surface area contributed by atoms with E-state index in [1.54, 1.807) is 49.7 Å². The standard InChI is InChI=1S/C24H30N4O3/c1-7-10-20(28(23(30)31)24(4,5)6)19-15-17(12-14-25-19)21-18(11-9-13-26-21)27-22(29)16(3)8-2/h7-9,11-16,20H,1-2,10H2,3-6H3,(H,27,29)(H,30,31)/t16-,20+/m1/s1. The van der Waals surface area contributed by atoms with Gasteiger partial charge in [0, 0.05) is 23.5 Å². The van der Waals surface area contributed by atoms with Crippen LogP contribution in [0, 0.1) is 5.92 Å². The quantitative estimate of drug-likeness (QED) is 0.563. The minimum atomic E-state index is -1.03. The molecule has 31 heavy (non-hydrogen) atoms. The summed E-state index contributed by atoms with van der Waals surface area (Å²) in [6.45, 7) is 14.7. The van der Waals surface area contributed by atoms with E-state index in [2.05, 4.69) is 28.4 Å². The number of nitrogens with zero attached hydrogens (tertiary/aromatic N) is 3. The highest BCUT2D eigenvalue weighted by molar-refractivity contribution is 5.96. The fourth-order valence-corrected chi connectivity index (χ4v) is 3.27. The number of rotatable bonds is 8. The second-order valence-corrected chi connectivity index (χ2v) is 8.25. The molecule has 0 bridgehead atoms. The molecule has 164 valence electrons. The number of carbonyl (C=O) groups is 2. The van der Waals surface area contributed by atoms with Crippen molar-refractivity contribution >= 4 is 17.7 Å². The van der Waals surface area contributed by atoms with Crippen molar-refractivity contribution < 1.29 is 14.7 Å². The van der Waals surface area contributed by atoms with E-state index in [-0.39, 0.29) is 11.8 Å². The van der Waals surface area contributed by atoms with Gasteiger partial charge in [-0.1, -0.05) is 19.1 Å². The molecule has 0 spiro atoms. The second kappa shape index (κ2) is 10.0. The van der Waals surface area contributed by atoms with E-state index in [0.717, 1.165) is 5.56 Å². The number of amides is 2. The van der Waals surface area contributed by atoms with Gasteiger partial charge in [0.25, 0.3) is 0 Å². The van der Waals surface area contributed by atoms with Crippen molar-refractivity contribution in [3.63, 3.8) is 0 Å². The maximum Gasteiger partial charge on any atom is 0.408 e. The number of aromatic nitrogens is 2. The Kier molecular flexibility index (Phi) is 7.69. The predicted octanol–water partition coefficient (Wildman–Crippen LogP) is 5.30. The van der Waals surface area contributed by atoms with Gasteiger partial charge in [0.2, 0.25) is 5.91 Å². The summed E-state index contributed by atoms with van der Waals surface area (Å²) in [6.07, 6.45) is 5.89. The number of carbonyl (C=O) groups excluding carboxylic acids is 1. The zero-order valence-electron chi connectivity index (χ0n) is 18.5. The first kappa shape index (κ1) is 23.8. The van der Waals surface area contributed by atoms with Gasteiger partial charge in [0.15, 0.2) is 0 Å². The van der Waals surface area contributed by atoms with Crippen molar-refractivity contribution in [1.82, 2.24) is 14.9 Å². The Hall–Kier alpha value is -3.48. The van der Waals surface area contributed by atoms with E-state index in [1.165, 1.54) is 4.90 Å². The van der Waals surface area contributed by atoms with Crippen LogP contribution in [0.3, 0.4) is 0 Å². The number of carboxylic acid groups (broad SMARTS) is 1. The summed E-state index contributed by atoms with van der Waals surface area (Å²) in [5.74, 6) is -0.540. The molecule has 0 radical (unpaired) electrons. The highest BCUT2D eigenvalue weighted by Crippen LogP contribution is 2.33. The number of hydrogen-bond acceptors (Lipinski definition) is 4. The van der Waals surface area contributed by atoms with Gasteiger partial charge in [-0.3, -0.25) is 19.7 Å². The van der Waals surface area contributed by atoms with Gasteiger partial charge in [-0.25, -0.2) is 4.79 Å². The van der Waals surface area contributed by atoms with Gasteiger partial charge >= 0.3 is 6.09 Å². The van der Waals surface area contributed by atoms with Crippen molar-refractivity contribution in [2.24, 2.45) is 5.92 Å². The predicted molar refractivity (Wildman–Crippen MR) is 123 cm³/mol. The smallest absolute Gasteiger partial charge is 0.408 e. The van der Waals surface area contributed by atoms with Gasteiger partial charge in [0.1, 0.15) is 0 Å². The van der Waals surface area contributed by atoms with E-state index in [1.807, 2.05) is 26.8 Å². The first-order valence-electron chi connectivity index (χ1n) is 10.1. The Balaban J connectivity index is 2.52. The Labute approximate surface area is 183 Å². The lowest BCUT2D eigenvalue weighted by Gasteiger charge is -2.39. The molecule has 7 heteroatoms. The summed E-state index contributed by atoms with van der Waals surface area (Å²) in [5.41, 5.74) is 1.80. The summed E-state index contributed by atoms with van der Waals surface area (Å²) < 4.78 is 0. The van der Waals surface area contributed by atoms with Crippen LogP contribution >= 0.6 is 0 Å². The van der Waals surface area contributed by atoms with Crippen LogP contribution in [-0.2, 0) is 4.79 Å². The largest absolute Gasteiger partial charge is 0.465 e. The lowest BCUT2D eigenvalue weighted by molar-refractivity contribution is -0.118. The van der Waals surface area contributed by atoms with E-state index in [0.29, 0.717) is 23.5 Å². The molecule has 2 N–H and O–H groups in total. The van der Waals surface area contributed by atoms with Gasteiger partial charge in [-0.05, 0) is 51.5 Å². The lowest BCUT2D eigenvalue weighted by atomic mass is 9.97. The molecule has 0 aromatic carbocycles. The third-order valence-electron chi connectivity index (χ3n) is 4.86. The molecular weight excluding hydrogens is 392 g/mol. The third-order valence-corrected chi connectivity index (χ3v) is 4.86. The number of hydrogen-bond donors (Lipinski definition) is 2. The van der Waals surface area contributed by atoms with Crippen molar-refractivity contribution in [3.8, 4) is 11.3 Å². The van der Waals surface area contributed by atoms with Crippen LogP contribution in [0.15, 0.2) is 62.0 Å². The minimum Gasteiger partial charge on any atom is -0.465 e. The molecule has 2 aromatic heterocycles. The van der Waals surface area contributed by atoms with E-state index >= 15 is 0 Å². The number of anilines is 1. The monoisotopic (exact) mass is 422 g/mol. The summed E-state index contributed by atoms with van der Waals surface area (Å²) >= 11 is 0. The maximum atomic E-state index is 12.4. The van der Waals surface area contributed by atoms with E-state index in [9.17, 15) is 14.7 Å². The average Bonchev–Trinajstić information content (AvgIpc) is 2.72.